The van der Waals surface area contributed by atoms with Crippen LogP contribution in [-0.4, -0.2) is 55.8 Å². The van der Waals surface area contributed by atoms with Crippen molar-refractivity contribution in [3.8, 4) is 17.2 Å². The molecule has 7 heteroatoms. The second-order valence-electron chi connectivity index (χ2n) is 7.49. The molecule has 1 N–H and O–H groups in total. The number of rotatable bonds is 6. The van der Waals surface area contributed by atoms with Crippen molar-refractivity contribution in [2.45, 2.75) is 13.8 Å². The van der Waals surface area contributed by atoms with Gasteiger partial charge in [-0.3, -0.25) is 4.79 Å². The molecule has 0 radical (unpaired) electrons. The van der Waals surface area contributed by atoms with Gasteiger partial charge < -0.3 is 24.4 Å². The Hall–Kier alpha value is -2.60. The molecular formula is C22H27ClN2O4. The summed E-state index contributed by atoms with van der Waals surface area (Å²) in [4.78, 5) is 17.0. The maximum absolute atomic E-state index is 13.0. The van der Waals surface area contributed by atoms with Crippen molar-refractivity contribution in [2.24, 2.45) is 5.92 Å². The maximum atomic E-state index is 13.0. The second-order valence-corrected chi connectivity index (χ2v) is 7.90. The molecule has 6 nitrogen and oxygen atoms in total. The predicted molar refractivity (Wildman–Crippen MR) is 115 cm³/mol. The number of aromatic hydroxyl groups is 1. The number of benzene rings is 2. The topological polar surface area (TPSA) is 62.2 Å². The Kier molecular flexibility index (Phi) is 6.75. The molecule has 0 aromatic heterocycles. The predicted octanol–water partition coefficient (Wildman–Crippen LogP) is 4.05. The first-order chi connectivity index (χ1) is 13.9. The summed E-state index contributed by atoms with van der Waals surface area (Å²) >= 11 is 6.39. The summed E-state index contributed by atoms with van der Waals surface area (Å²) in [5.41, 5.74) is 1.43. The third kappa shape index (κ3) is 5.07. The number of hydrogen-bond donors (Lipinski definition) is 1. The lowest BCUT2D eigenvalue weighted by Crippen LogP contribution is -2.48. The fourth-order valence-electron chi connectivity index (χ4n) is 3.27. The molecule has 0 bridgehead atoms. The van der Waals surface area contributed by atoms with Crippen LogP contribution in [0, 0.1) is 5.92 Å². The minimum atomic E-state index is -0.0869. The highest BCUT2D eigenvalue weighted by atomic mass is 35.5. The number of amides is 1. The molecule has 1 fully saturated rings. The van der Waals surface area contributed by atoms with Crippen LogP contribution in [0.5, 0.6) is 17.2 Å². The van der Waals surface area contributed by atoms with Gasteiger partial charge in [0.1, 0.15) is 5.75 Å². The second kappa shape index (κ2) is 9.27. The Morgan fingerprint density at radius 1 is 1.17 bits per heavy atom. The lowest BCUT2D eigenvalue weighted by Gasteiger charge is -2.36. The van der Waals surface area contributed by atoms with Gasteiger partial charge in [0.2, 0.25) is 0 Å². The molecule has 1 aliphatic rings. The van der Waals surface area contributed by atoms with Crippen molar-refractivity contribution in [1.82, 2.24) is 4.90 Å². The van der Waals surface area contributed by atoms with Crippen molar-refractivity contribution in [2.75, 3.05) is 44.8 Å². The van der Waals surface area contributed by atoms with E-state index in [-0.39, 0.29) is 11.7 Å². The summed E-state index contributed by atoms with van der Waals surface area (Å²) in [5.74, 6) is 1.42. The number of hydrogen-bond acceptors (Lipinski definition) is 5. The zero-order valence-electron chi connectivity index (χ0n) is 17.0. The van der Waals surface area contributed by atoms with Crippen LogP contribution in [0.15, 0.2) is 36.4 Å². The molecule has 1 amide bonds. The first kappa shape index (κ1) is 21.1. The Morgan fingerprint density at radius 3 is 2.52 bits per heavy atom. The molecule has 1 saturated heterocycles. The van der Waals surface area contributed by atoms with E-state index in [1.807, 2.05) is 12.1 Å². The van der Waals surface area contributed by atoms with Crippen molar-refractivity contribution in [3.05, 3.63) is 47.0 Å². The largest absolute Gasteiger partial charge is 0.508 e. The van der Waals surface area contributed by atoms with Crippen LogP contribution in [-0.2, 0) is 0 Å². The number of halogens is 1. The first-order valence-electron chi connectivity index (χ1n) is 9.72. The van der Waals surface area contributed by atoms with Gasteiger partial charge >= 0.3 is 0 Å². The van der Waals surface area contributed by atoms with Gasteiger partial charge in [-0.2, -0.15) is 0 Å². The summed E-state index contributed by atoms with van der Waals surface area (Å²) in [6.07, 6.45) is 0. The molecule has 2 aromatic carbocycles. The number of anilines is 1. The van der Waals surface area contributed by atoms with Gasteiger partial charge in [0, 0.05) is 43.5 Å². The van der Waals surface area contributed by atoms with E-state index in [9.17, 15) is 9.90 Å². The number of methoxy groups -OCH3 is 1. The third-order valence-electron chi connectivity index (χ3n) is 4.80. The van der Waals surface area contributed by atoms with E-state index >= 15 is 0 Å². The Labute approximate surface area is 176 Å². The lowest BCUT2D eigenvalue weighted by atomic mass is 10.1. The van der Waals surface area contributed by atoms with Crippen molar-refractivity contribution in [3.63, 3.8) is 0 Å². The molecule has 0 spiro atoms. The highest BCUT2D eigenvalue weighted by molar-refractivity contribution is 6.32. The fraction of sp³-hybridized carbons (Fsp3) is 0.409. The van der Waals surface area contributed by atoms with Gasteiger partial charge in [-0.1, -0.05) is 31.5 Å². The summed E-state index contributed by atoms with van der Waals surface area (Å²) in [6, 6.07) is 10.5. The Balaban J connectivity index is 1.70. The number of piperazine rings is 1. The molecule has 0 unspecified atom stereocenters. The van der Waals surface area contributed by atoms with E-state index in [4.69, 9.17) is 21.1 Å². The number of phenolic OH excluding ortho intramolecular Hbond substituents is 1. The highest BCUT2D eigenvalue weighted by Gasteiger charge is 2.24. The van der Waals surface area contributed by atoms with Gasteiger partial charge in [-0.05, 0) is 30.2 Å². The standard InChI is InChI=1S/C22H27ClN2O4/c1-15(2)14-29-21-19(23)11-16(12-20(21)28-3)22(27)25-9-7-24(8-10-25)17-5-4-6-18(26)13-17/h4-6,11-13,15,26H,7-10,14H2,1-3H3. The van der Waals surface area contributed by atoms with Crippen LogP contribution in [0.2, 0.25) is 5.02 Å². The Bertz CT molecular complexity index is 864. The van der Waals surface area contributed by atoms with Crippen LogP contribution in [0.3, 0.4) is 0 Å². The van der Waals surface area contributed by atoms with Gasteiger partial charge in [0.05, 0.1) is 18.7 Å². The van der Waals surface area contributed by atoms with E-state index in [0.717, 1.165) is 5.69 Å². The van der Waals surface area contributed by atoms with Crippen LogP contribution >= 0.6 is 11.6 Å². The van der Waals surface area contributed by atoms with Crippen molar-refractivity contribution in [1.29, 1.82) is 0 Å². The van der Waals surface area contributed by atoms with Gasteiger partial charge in [0.25, 0.3) is 5.91 Å². The van der Waals surface area contributed by atoms with E-state index in [0.29, 0.717) is 60.8 Å². The van der Waals surface area contributed by atoms with E-state index < -0.39 is 0 Å². The third-order valence-corrected chi connectivity index (χ3v) is 5.08. The molecule has 1 aliphatic heterocycles. The Morgan fingerprint density at radius 2 is 1.90 bits per heavy atom. The number of phenols is 1. The van der Waals surface area contributed by atoms with Crippen LogP contribution in [0.4, 0.5) is 5.69 Å². The summed E-state index contributed by atoms with van der Waals surface area (Å²) in [5, 5.41) is 10.0. The molecule has 2 aromatic rings. The number of carbonyl (C=O) groups excluding carboxylic acids is 1. The van der Waals surface area contributed by atoms with Gasteiger partial charge in [-0.15, -0.1) is 0 Å². The summed E-state index contributed by atoms with van der Waals surface area (Å²) in [6.45, 7) is 7.16. The summed E-state index contributed by atoms with van der Waals surface area (Å²) in [7, 11) is 1.54. The van der Waals surface area contributed by atoms with Crippen LogP contribution < -0.4 is 14.4 Å². The molecule has 0 saturated carbocycles. The van der Waals surface area contributed by atoms with Gasteiger partial charge in [-0.25, -0.2) is 0 Å². The number of nitrogens with zero attached hydrogens (tertiary/aromatic N) is 2. The molecule has 1 heterocycles. The zero-order chi connectivity index (χ0) is 21.0. The zero-order valence-corrected chi connectivity index (χ0v) is 17.8. The molecule has 29 heavy (non-hydrogen) atoms. The van der Waals surface area contributed by atoms with Crippen molar-refractivity contribution < 1.29 is 19.4 Å². The molecule has 3 rings (SSSR count). The molecule has 156 valence electrons. The van der Waals surface area contributed by atoms with Crippen molar-refractivity contribution >= 4 is 23.2 Å². The maximum Gasteiger partial charge on any atom is 0.254 e. The summed E-state index contributed by atoms with van der Waals surface area (Å²) < 4.78 is 11.2. The molecule has 0 atom stereocenters. The average Bonchev–Trinajstić information content (AvgIpc) is 2.71. The number of ether oxygens (including phenoxy) is 2. The fourth-order valence-corrected chi connectivity index (χ4v) is 3.54. The quantitative estimate of drug-likeness (QED) is 0.766. The minimum Gasteiger partial charge on any atom is -0.508 e. The lowest BCUT2D eigenvalue weighted by molar-refractivity contribution is 0.0746. The average molecular weight is 419 g/mol. The number of carbonyl (C=O) groups is 1. The first-order valence-corrected chi connectivity index (χ1v) is 10.1. The SMILES string of the molecule is COc1cc(C(=O)N2CCN(c3cccc(O)c3)CC2)cc(Cl)c1OCC(C)C. The molecular weight excluding hydrogens is 392 g/mol. The monoisotopic (exact) mass is 418 g/mol. The van der Waals surface area contributed by atoms with Crippen LogP contribution in [0.25, 0.3) is 0 Å². The van der Waals surface area contributed by atoms with E-state index in [1.165, 1.54) is 7.11 Å². The normalized spacial score (nSPS) is 14.2. The molecule has 0 aliphatic carbocycles. The van der Waals surface area contributed by atoms with Gasteiger partial charge in [0.15, 0.2) is 11.5 Å². The highest BCUT2D eigenvalue weighted by Crippen LogP contribution is 2.37. The minimum absolute atomic E-state index is 0.0869. The van der Waals surface area contributed by atoms with Crippen LogP contribution in [0.1, 0.15) is 24.2 Å². The van der Waals surface area contributed by atoms with E-state index in [1.54, 1.807) is 29.2 Å². The van der Waals surface area contributed by atoms with E-state index in [2.05, 4.69) is 18.7 Å². The smallest absolute Gasteiger partial charge is 0.254 e.